The summed E-state index contributed by atoms with van der Waals surface area (Å²) in [6.45, 7) is 0.753. The van der Waals surface area contributed by atoms with Crippen LogP contribution < -0.4 is 0 Å². The topological polar surface area (TPSA) is 132 Å². The van der Waals surface area contributed by atoms with Crippen LogP contribution in [0.25, 0.3) is 0 Å². The molecule has 1 fully saturated rings. The molecule has 0 aliphatic carbocycles. The molecule has 0 atom stereocenters. The van der Waals surface area contributed by atoms with Crippen molar-refractivity contribution in [2.75, 3.05) is 32.8 Å². The van der Waals surface area contributed by atoms with Crippen molar-refractivity contribution in [3.8, 4) is 12.1 Å². The minimum Gasteiger partial charge on any atom is -0.452 e. The van der Waals surface area contributed by atoms with Gasteiger partial charge >= 0.3 is 5.97 Å². The number of sulfonamides is 1. The van der Waals surface area contributed by atoms with Crippen molar-refractivity contribution in [1.82, 2.24) is 9.21 Å². The maximum absolute atomic E-state index is 12.8. The van der Waals surface area contributed by atoms with Crippen LogP contribution in [0.1, 0.15) is 48.9 Å². The van der Waals surface area contributed by atoms with Crippen LogP contribution in [0.5, 0.6) is 0 Å². The molecule has 1 aliphatic heterocycles. The Balaban J connectivity index is 1.97. The van der Waals surface area contributed by atoms with Crippen LogP contribution in [0.2, 0.25) is 0 Å². The molecule has 0 unspecified atom stereocenters. The van der Waals surface area contributed by atoms with Gasteiger partial charge in [-0.1, -0.05) is 12.8 Å². The molecule has 2 rings (SSSR count). The first kappa shape index (κ1) is 24.3. The van der Waals surface area contributed by atoms with Crippen molar-refractivity contribution >= 4 is 21.9 Å². The number of esters is 1. The highest BCUT2D eigenvalue weighted by atomic mass is 32.2. The van der Waals surface area contributed by atoms with Crippen molar-refractivity contribution in [2.24, 2.45) is 0 Å². The summed E-state index contributed by atoms with van der Waals surface area (Å²) in [6.07, 6.45) is 3.91. The zero-order valence-electron chi connectivity index (χ0n) is 17.3. The van der Waals surface area contributed by atoms with E-state index in [2.05, 4.69) is 0 Å². The first-order valence-corrected chi connectivity index (χ1v) is 11.6. The number of carbonyl (C=O) groups is 2. The van der Waals surface area contributed by atoms with Gasteiger partial charge in [0.2, 0.25) is 10.0 Å². The maximum Gasteiger partial charge on any atom is 0.338 e. The van der Waals surface area contributed by atoms with Gasteiger partial charge in [0.25, 0.3) is 5.91 Å². The average molecular weight is 447 g/mol. The molecule has 0 aromatic heterocycles. The highest BCUT2D eigenvalue weighted by Gasteiger charge is 2.25. The average Bonchev–Trinajstić information content (AvgIpc) is 3.07. The van der Waals surface area contributed by atoms with Gasteiger partial charge in [0.15, 0.2) is 6.61 Å². The van der Waals surface area contributed by atoms with E-state index < -0.39 is 28.5 Å². The molecule has 1 heterocycles. The van der Waals surface area contributed by atoms with Crippen molar-refractivity contribution < 1.29 is 22.7 Å². The van der Waals surface area contributed by atoms with Crippen molar-refractivity contribution in [1.29, 1.82) is 10.5 Å². The number of ether oxygens (including phenoxy) is 1. The number of amides is 1. The lowest BCUT2D eigenvalue weighted by atomic mass is 10.2. The molecule has 1 aromatic rings. The smallest absolute Gasteiger partial charge is 0.338 e. The predicted octanol–water partition coefficient (Wildman–Crippen LogP) is 2.06. The quantitative estimate of drug-likeness (QED) is 0.530. The summed E-state index contributed by atoms with van der Waals surface area (Å²) >= 11 is 0. The molecule has 0 bridgehead atoms. The summed E-state index contributed by atoms with van der Waals surface area (Å²) in [4.78, 5) is 25.9. The molecule has 10 heteroatoms. The molecule has 0 saturated carbocycles. The van der Waals surface area contributed by atoms with Gasteiger partial charge in [-0.25, -0.2) is 13.2 Å². The molecule has 0 N–H and O–H groups in total. The molecule has 0 spiro atoms. The fraction of sp³-hybridized carbons (Fsp3) is 0.524. The number of hydrogen-bond acceptors (Lipinski definition) is 7. The Labute approximate surface area is 182 Å². The second-order valence-corrected chi connectivity index (χ2v) is 9.05. The van der Waals surface area contributed by atoms with Crippen molar-refractivity contribution in [2.45, 2.75) is 43.4 Å². The third kappa shape index (κ3) is 7.06. The number of benzene rings is 1. The van der Waals surface area contributed by atoms with Crippen LogP contribution in [0.4, 0.5) is 0 Å². The molecule has 1 aromatic carbocycles. The molecule has 31 heavy (non-hydrogen) atoms. The highest BCUT2D eigenvalue weighted by molar-refractivity contribution is 7.89. The summed E-state index contributed by atoms with van der Waals surface area (Å²) < 4.78 is 32.1. The molecule has 9 nitrogen and oxygen atoms in total. The molecule has 166 valence electrons. The van der Waals surface area contributed by atoms with Crippen LogP contribution in [-0.2, 0) is 19.6 Å². The highest BCUT2D eigenvalue weighted by Crippen LogP contribution is 2.21. The summed E-state index contributed by atoms with van der Waals surface area (Å²) in [5, 5.41) is 17.4. The lowest BCUT2D eigenvalue weighted by Gasteiger charge is -2.20. The Hall–Kier alpha value is -2.95. The molecule has 0 radical (unpaired) electrons. The van der Waals surface area contributed by atoms with Crippen LogP contribution in [0, 0.1) is 22.7 Å². The second kappa shape index (κ2) is 12.0. The van der Waals surface area contributed by atoms with Gasteiger partial charge in [-0.15, -0.1) is 0 Å². The van der Waals surface area contributed by atoms with E-state index in [0.29, 0.717) is 13.1 Å². The number of rotatable bonds is 9. The Morgan fingerprint density at radius 1 is 0.968 bits per heavy atom. The molecule has 1 aliphatic rings. The molecule has 1 amide bonds. The van der Waals surface area contributed by atoms with E-state index in [1.807, 2.05) is 12.1 Å². The first-order chi connectivity index (χ1) is 14.9. The fourth-order valence-electron chi connectivity index (χ4n) is 3.23. The lowest BCUT2D eigenvalue weighted by Crippen LogP contribution is -2.36. The molecule has 1 saturated heterocycles. The SMILES string of the molecule is N#CCCN(CCC#N)C(=O)COC(=O)c1ccc(S(=O)(=O)N2CCCCCC2)cc1. The maximum atomic E-state index is 12.8. The Morgan fingerprint density at radius 3 is 2.03 bits per heavy atom. The van der Waals surface area contributed by atoms with E-state index in [0.717, 1.165) is 25.7 Å². The van der Waals surface area contributed by atoms with Gasteiger partial charge in [0.05, 0.1) is 35.4 Å². The van der Waals surface area contributed by atoms with Gasteiger partial charge in [-0.3, -0.25) is 4.79 Å². The van der Waals surface area contributed by atoms with E-state index in [9.17, 15) is 18.0 Å². The minimum atomic E-state index is -3.61. The summed E-state index contributed by atoms with van der Waals surface area (Å²) in [5.41, 5.74) is 0.128. The summed E-state index contributed by atoms with van der Waals surface area (Å²) in [6, 6.07) is 9.31. The standard InChI is InChI=1S/C21H26N4O5S/c22-11-5-13-24(14-6-12-23)20(26)17-30-21(27)18-7-9-19(10-8-18)31(28,29)25-15-3-1-2-4-16-25/h7-10H,1-6,13-17H2. The monoisotopic (exact) mass is 446 g/mol. The van der Waals surface area contributed by atoms with E-state index in [4.69, 9.17) is 15.3 Å². The zero-order chi connectivity index (χ0) is 22.7. The van der Waals surface area contributed by atoms with Gasteiger partial charge in [-0.05, 0) is 37.1 Å². The van der Waals surface area contributed by atoms with Gasteiger partial charge in [-0.2, -0.15) is 14.8 Å². The second-order valence-electron chi connectivity index (χ2n) is 7.12. The van der Waals surface area contributed by atoms with E-state index >= 15 is 0 Å². The fourth-order valence-corrected chi connectivity index (χ4v) is 4.74. The molecular weight excluding hydrogens is 420 g/mol. The summed E-state index contributed by atoms with van der Waals surface area (Å²) in [7, 11) is -3.61. The van der Waals surface area contributed by atoms with E-state index in [1.54, 1.807) is 0 Å². The number of nitriles is 2. The van der Waals surface area contributed by atoms with Gasteiger partial charge in [0.1, 0.15) is 0 Å². The van der Waals surface area contributed by atoms with Crippen LogP contribution in [0.15, 0.2) is 29.2 Å². The molecular formula is C21H26N4O5S. The number of nitrogens with zero attached hydrogens (tertiary/aromatic N) is 4. The normalized spacial score (nSPS) is 14.6. The zero-order valence-corrected chi connectivity index (χ0v) is 18.1. The summed E-state index contributed by atoms with van der Waals surface area (Å²) in [5.74, 6) is -1.26. The van der Waals surface area contributed by atoms with Gasteiger partial charge < -0.3 is 9.64 Å². The lowest BCUT2D eigenvalue weighted by molar-refractivity contribution is -0.134. The third-order valence-electron chi connectivity index (χ3n) is 4.96. The van der Waals surface area contributed by atoms with Crippen LogP contribution in [-0.4, -0.2) is 62.3 Å². The van der Waals surface area contributed by atoms with E-state index in [1.165, 1.54) is 33.5 Å². The number of carbonyl (C=O) groups excluding carboxylic acids is 2. The van der Waals surface area contributed by atoms with Crippen molar-refractivity contribution in [3.05, 3.63) is 29.8 Å². The Bertz CT molecular complexity index is 921. The predicted molar refractivity (Wildman–Crippen MR) is 111 cm³/mol. The Kier molecular flexibility index (Phi) is 9.44. The Morgan fingerprint density at radius 2 is 1.52 bits per heavy atom. The first-order valence-electron chi connectivity index (χ1n) is 10.2. The largest absolute Gasteiger partial charge is 0.452 e. The third-order valence-corrected chi connectivity index (χ3v) is 6.87. The van der Waals surface area contributed by atoms with Crippen LogP contribution in [0.3, 0.4) is 0 Å². The van der Waals surface area contributed by atoms with Crippen LogP contribution >= 0.6 is 0 Å². The number of hydrogen-bond donors (Lipinski definition) is 0. The van der Waals surface area contributed by atoms with Gasteiger partial charge in [0, 0.05) is 26.2 Å². The minimum absolute atomic E-state index is 0.109. The van der Waals surface area contributed by atoms with E-state index in [-0.39, 0.29) is 36.4 Å². The van der Waals surface area contributed by atoms with Crippen molar-refractivity contribution in [3.63, 3.8) is 0 Å².